The minimum atomic E-state index is -0.0867. The van der Waals surface area contributed by atoms with Gasteiger partial charge in [0.25, 0.3) is 5.91 Å². The highest BCUT2D eigenvalue weighted by molar-refractivity contribution is 5.93. The van der Waals surface area contributed by atoms with Gasteiger partial charge >= 0.3 is 0 Å². The smallest absolute Gasteiger partial charge is 0.276 e. The van der Waals surface area contributed by atoms with E-state index >= 15 is 0 Å². The average Bonchev–Trinajstić information content (AvgIpc) is 3.05. The number of benzene rings is 1. The summed E-state index contributed by atoms with van der Waals surface area (Å²) in [7, 11) is 0. The van der Waals surface area contributed by atoms with Crippen LogP contribution in [-0.4, -0.2) is 52.1 Å². The van der Waals surface area contributed by atoms with Crippen LogP contribution in [0, 0.1) is 0 Å². The van der Waals surface area contributed by atoms with Crippen molar-refractivity contribution < 1.29 is 14.3 Å². The molecule has 2 aromatic rings. The van der Waals surface area contributed by atoms with Crippen LogP contribution in [0.2, 0.25) is 0 Å². The van der Waals surface area contributed by atoms with Gasteiger partial charge in [-0.05, 0) is 5.56 Å². The van der Waals surface area contributed by atoms with Crippen molar-refractivity contribution >= 4 is 5.91 Å². The van der Waals surface area contributed by atoms with E-state index in [0.717, 1.165) is 11.3 Å². The normalized spacial score (nSPS) is 21.0. The van der Waals surface area contributed by atoms with E-state index < -0.39 is 0 Å². The molecule has 0 saturated carbocycles. The third-order valence-electron chi connectivity index (χ3n) is 4.27. The van der Waals surface area contributed by atoms with E-state index in [-0.39, 0.29) is 12.0 Å². The zero-order chi connectivity index (χ0) is 15.6. The molecule has 0 spiro atoms. The van der Waals surface area contributed by atoms with Crippen molar-refractivity contribution in [1.82, 2.24) is 19.9 Å². The number of ether oxygens (including phenoxy) is 2. The maximum Gasteiger partial charge on any atom is 0.276 e. The number of fused-ring (bicyclic) bond motifs is 1. The maximum atomic E-state index is 12.6. The second-order valence-electron chi connectivity index (χ2n) is 5.68. The van der Waals surface area contributed by atoms with Crippen molar-refractivity contribution in [3.05, 3.63) is 47.3 Å². The van der Waals surface area contributed by atoms with Gasteiger partial charge in [0.05, 0.1) is 32.1 Å². The quantitative estimate of drug-likeness (QED) is 0.828. The van der Waals surface area contributed by atoms with Gasteiger partial charge in [0.1, 0.15) is 6.10 Å². The predicted molar refractivity (Wildman–Crippen MR) is 80.7 cm³/mol. The fourth-order valence-corrected chi connectivity index (χ4v) is 2.96. The molecule has 0 unspecified atom stereocenters. The molecule has 3 heterocycles. The number of carbonyl (C=O) groups excluding carboxylic acids is 1. The third-order valence-corrected chi connectivity index (χ3v) is 4.27. The molecule has 1 aromatic heterocycles. The van der Waals surface area contributed by atoms with Gasteiger partial charge in [0, 0.05) is 13.1 Å². The Morgan fingerprint density at radius 3 is 2.74 bits per heavy atom. The van der Waals surface area contributed by atoms with Crippen LogP contribution in [0.5, 0.6) is 0 Å². The Hall–Kier alpha value is -2.25. The van der Waals surface area contributed by atoms with E-state index in [1.54, 1.807) is 9.58 Å². The summed E-state index contributed by atoms with van der Waals surface area (Å²) in [5, 5.41) is 8.26. The Bertz CT molecular complexity index is 695. The topological polar surface area (TPSA) is 69.5 Å². The third kappa shape index (κ3) is 2.73. The summed E-state index contributed by atoms with van der Waals surface area (Å²) in [6.07, 6.45) is -0.0586. The number of morpholine rings is 1. The van der Waals surface area contributed by atoms with Crippen LogP contribution in [0.25, 0.3) is 0 Å². The van der Waals surface area contributed by atoms with Crippen molar-refractivity contribution in [2.45, 2.75) is 19.3 Å². The molecule has 0 N–H and O–H groups in total. The van der Waals surface area contributed by atoms with Gasteiger partial charge in [-0.1, -0.05) is 35.5 Å². The van der Waals surface area contributed by atoms with Crippen molar-refractivity contribution in [1.29, 1.82) is 0 Å². The largest absolute Gasteiger partial charge is 0.378 e. The lowest BCUT2D eigenvalue weighted by atomic mass is 10.1. The fraction of sp³-hybridized carbons (Fsp3) is 0.438. The van der Waals surface area contributed by atoms with E-state index in [4.69, 9.17) is 9.47 Å². The number of hydrogen-bond acceptors (Lipinski definition) is 5. The molecule has 1 atom stereocenters. The predicted octanol–water partition coefficient (Wildman–Crippen LogP) is 1.02. The van der Waals surface area contributed by atoms with Gasteiger partial charge in [0.15, 0.2) is 5.69 Å². The summed E-state index contributed by atoms with van der Waals surface area (Å²) in [6, 6.07) is 10.0. The van der Waals surface area contributed by atoms with Gasteiger partial charge < -0.3 is 14.4 Å². The molecule has 1 saturated heterocycles. The average molecular weight is 314 g/mol. The van der Waals surface area contributed by atoms with Gasteiger partial charge in [-0.3, -0.25) is 4.79 Å². The van der Waals surface area contributed by atoms with Crippen LogP contribution in [0.4, 0.5) is 0 Å². The Labute approximate surface area is 133 Å². The number of aromatic nitrogens is 3. The van der Waals surface area contributed by atoms with Gasteiger partial charge in [-0.25, -0.2) is 4.68 Å². The summed E-state index contributed by atoms with van der Waals surface area (Å²) >= 11 is 0. The maximum absolute atomic E-state index is 12.6. The lowest BCUT2D eigenvalue weighted by Crippen LogP contribution is -2.41. The summed E-state index contributed by atoms with van der Waals surface area (Å²) in [5.74, 6) is -0.0867. The molecular formula is C16H18N4O3. The Morgan fingerprint density at radius 2 is 1.96 bits per heavy atom. The first-order chi connectivity index (χ1) is 11.3. The Kier molecular flexibility index (Phi) is 3.80. The molecule has 1 amide bonds. The zero-order valence-electron chi connectivity index (χ0n) is 12.7. The molecule has 0 aliphatic carbocycles. The Morgan fingerprint density at radius 1 is 1.17 bits per heavy atom. The van der Waals surface area contributed by atoms with E-state index in [1.165, 1.54) is 0 Å². The molecule has 1 fully saturated rings. The molecule has 2 aliphatic rings. The van der Waals surface area contributed by atoms with E-state index in [2.05, 4.69) is 10.3 Å². The molecule has 7 nitrogen and oxygen atoms in total. The first-order valence-corrected chi connectivity index (χ1v) is 7.79. The number of carbonyl (C=O) groups is 1. The first kappa shape index (κ1) is 14.3. The molecule has 0 bridgehead atoms. The SMILES string of the molecule is O=C(c1nnn2c1CO[C@H](c1ccccc1)C2)N1CCOCC1. The van der Waals surface area contributed by atoms with Crippen molar-refractivity contribution in [2.75, 3.05) is 26.3 Å². The van der Waals surface area contributed by atoms with E-state index in [1.807, 2.05) is 30.3 Å². The monoisotopic (exact) mass is 314 g/mol. The van der Waals surface area contributed by atoms with E-state index in [9.17, 15) is 4.79 Å². The van der Waals surface area contributed by atoms with Crippen molar-refractivity contribution in [3.63, 3.8) is 0 Å². The molecule has 2 aliphatic heterocycles. The summed E-state index contributed by atoms with van der Waals surface area (Å²) < 4.78 is 13.0. The standard InChI is InChI=1S/C16H18N4O3/c21-16(19-6-8-22-9-7-19)15-13-11-23-14(10-20(13)18-17-15)12-4-2-1-3-5-12/h1-5,14H,6-11H2/t14-/m0/s1. The zero-order valence-corrected chi connectivity index (χ0v) is 12.7. The van der Waals surface area contributed by atoms with Gasteiger partial charge in [0.2, 0.25) is 0 Å². The van der Waals surface area contributed by atoms with Crippen LogP contribution in [-0.2, 0) is 22.6 Å². The molecular weight excluding hydrogens is 296 g/mol. The highest BCUT2D eigenvalue weighted by Gasteiger charge is 2.30. The highest BCUT2D eigenvalue weighted by Crippen LogP contribution is 2.27. The number of amides is 1. The second kappa shape index (κ2) is 6.10. The summed E-state index contributed by atoms with van der Waals surface area (Å²) in [6.45, 7) is 3.25. The lowest BCUT2D eigenvalue weighted by Gasteiger charge is -2.27. The lowest BCUT2D eigenvalue weighted by molar-refractivity contribution is -0.00238. The van der Waals surface area contributed by atoms with Crippen LogP contribution >= 0.6 is 0 Å². The first-order valence-electron chi connectivity index (χ1n) is 7.79. The molecule has 4 rings (SSSR count). The van der Waals surface area contributed by atoms with Gasteiger partial charge in [-0.2, -0.15) is 0 Å². The number of hydrogen-bond donors (Lipinski definition) is 0. The van der Waals surface area contributed by atoms with Crippen LogP contribution in [0.3, 0.4) is 0 Å². The highest BCUT2D eigenvalue weighted by atomic mass is 16.5. The van der Waals surface area contributed by atoms with Crippen molar-refractivity contribution in [3.8, 4) is 0 Å². The van der Waals surface area contributed by atoms with Crippen LogP contribution in [0.1, 0.15) is 27.8 Å². The fourth-order valence-electron chi connectivity index (χ4n) is 2.96. The molecule has 7 heteroatoms. The van der Waals surface area contributed by atoms with E-state index in [0.29, 0.717) is 45.1 Å². The molecule has 23 heavy (non-hydrogen) atoms. The summed E-state index contributed by atoms with van der Waals surface area (Å²) in [4.78, 5) is 14.3. The van der Waals surface area contributed by atoms with Gasteiger partial charge in [-0.15, -0.1) is 5.10 Å². The minimum Gasteiger partial charge on any atom is -0.378 e. The molecule has 1 aromatic carbocycles. The number of rotatable bonds is 2. The minimum absolute atomic E-state index is 0.0586. The van der Waals surface area contributed by atoms with Crippen LogP contribution in [0.15, 0.2) is 30.3 Å². The second-order valence-corrected chi connectivity index (χ2v) is 5.68. The summed E-state index contributed by atoms with van der Waals surface area (Å²) in [5.41, 5.74) is 2.27. The van der Waals surface area contributed by atoms with Crippen molar-refractivity contribution in [2.24, 2.45) is 0 Å². The molecule has 120 valence electrons. The molecule has 0 radical (unpaired) electrons. The van der Waals surface area contributed by atoms with Crippen LogP contribution < -0.4 is 0 Å². The number of nitrogens with zero attached hydrogens (tertiary/aromatic N) is 4. The Balaban J connectivity index is 1.54.